The molecule has 0 aliphatic heterocycles. The lowest BCUT2D eigenvalue weighted by molar-refractivity contribution is 0.623. The van der Waals surface area contributed by atoms with Crippen LogP contribution in [0.1, 0.15) is 0 Å². The van der Waals surface area contributed by atoms with Crippen LogP contribution in [-0.4, -0.2) is 4.98 Å². The molecule has 0 radical (unpaired) electrons. The fourth-order valence-corrected chi connectivity index (χ4v) is 7.16. The predicted octanol–water partition coefficient (Wildman–Crippen LogP) is 12.8. The van der Waals surface area contributed by atoms with Crippen molar-refractivity contribution in [3.05, 3.63) is 170 Å². The van der Waals surface area contributed by atoms with E-state index in [-0.39, 0.29) is 0 Å². The molecule has 0 bridgehead atoms. The van der Waals surface area contributed by atoms with E-state index < -0.39 is 0 Å². The summed E-state index contributed by atoms with van der Waals surface area (Å²) < 4.78 is 12.8. The van der Waals surface area contributed by atoms with Gasteiger partial charge in [0, 0.05) is 38.7 Å². The third-order valence-electron chi connectivity index (χ3n) is 9.47. The molecule has 0 unspecified atom stereocenters. The van der Waals surface area contributed by atoms with Gasteiger partial charge in [0.2, 0.25) is 5.89 Å². The van der Waals surface area contributed by atoms with E-state index in [0.717, 1.165) is 88.3 Å². The summed E-state index contributed by atoms with van der Waals surface area (Å²) in [4.78, 5) is 7.26. The Morgan fingerprint density at radius 1 is 0.449 bits per heavy atom. The van der Waals surface area contributed by atoms with Gasteiger partial charge in [-0.1, -0.05) is 109 Å². The van der Waals surface area contributed by atoms with Crippen LogP contribution in [0.25, 0.3) is 77.2 Å². The minimum Gasteiger partial charge on any atom is -0.456 e. The van der Waals surface area contributed by atoms with Crippen LogP contribution in [0, 0.1) is 0 Å². The second-order valence-electron chi connectivity index (χ2n) is 12.4. The average molecular weight is 629 g/mol. The first-order valence-corrected chi connectivity index (χ1v) is 16.5. The Morgan fingerprint density at radius 3 is 1.94 bits per heavy atom. The predicted molar refractivity (Wildman–Crippen MR) is 202 cm³/mol. The maximum atomic E-state index is 6.57. The molecule has 0 aliphatic carbocycles. The Morgan fingerprint density at radius 2 is 1.08 bits per heavy atom. The molecule has 0 spiro atoms. The summed E-state index contributed by atoms with van der Waals surface area (Å²) in [7, 11) is 0. The van der Waals surface area contributed by atoms with Crippen LogP contribution in [0.4, 0.5) is 17.1 Å². The van der Waals surface area contributed by atoms with Gasteiger partial charge in [-0.25, -0.2) is 4.98 Å². The van der Waals surface area contributed by atoms with E-state index in [1.54, 1.807) is 0 Å². The molecule has 10 rings (SSSR count). The van der Waals surface area contributed by atoms with Crippen molar-refractivity contribution in [3.63, 3.8) is 0 Å². The fourth-order valence-electron chi connectivity index (χ4n) is 7.16. The van der Waals surface area contributed by atoms with E-state index in [4.69, 9.17) is 13.8 Å². The van der Waals surface area contributed by atoms with Crippen molar-refractivity contribution >= 4 is 71.6 Å². The summed E-state index contributed by atoms with van der Waals surface area (Å²) in [5, 5.41) is 6.58. The van der Waals surface area contributed by atoms with Gasteiger partial charge < -0.3 is 13.7 Å². The van der Waals surface area contributed by atoms with Crippen LogP contribution >= 0.6 is 0 Å². The normalized spacial score (nSPS) is 11.7. The molecule has 10 aromatic rings. The van der Waals surface area contributed by atoms with Gasteiger partial charge in [0.1, 0.15) is 16.7 Å². The average Bonchev–Trinajstić information content (AvgIpc) is 3.78. The largest absolute Gasteiger partial charge is 0.456 e. The van der Waals surface area contributed by atoms with Crippen molar-refractivity contribution in [2.45, 2.75) is 0 Å². The van der Waals surface area contributed by atoms with Gasteiger partial charge in [0.15, 0.2) is 5.58 Å². The number of anilines is 3. The molecule has 0 aliphatic rings. The highest BCUT2D eigenvalue weighted by atomic mass is 16.3. The molecule has 0 fully saturated rings. The lowest BCUT2D eigenvalue weighted by atomic mass is 9.98. The smallest absolute Gasteiger partial charge is 0.227 e. The van der Waals surface area contributed by atoms with Crippen molar-refractivity contribution in [1.29, 1.82) is 0 Å². The Labute approximate surface area is 282 Å². The summed E-state index contributed by atoms with van der Waals surface area (Å²) in [5.41, 5.74) is 9.80. The molecule has 2 heterocycles. The fraction of sp³-hybridized carbons (Fsp3) is 0. The molecule has 230 valence electrons. The van der Waals surface area contributed by atoms with Crippen LogP contribution in [0.5, 0.6) is 0 Å². The molecule has 0 saturated carbocycles. The molecular formula is C45H28N2O2. The number of nitrogens with zero attached hydrogens (tertiary/aromatic N) is 2. The number of benzene rings is 8. The molecule has 0 saturated heterocycles. The van der Waals surface area contributed by atoms with Crippen LogP contribution in [0.3, 0.4) is 0 Å². The highest BCUT2D eigenvalue weighted by molar-refractivity contribution is 6.19. The molecule has 49 heavy (non-hydrogen) atoms. The first kappa shape index (κ1) is 27.5. The summed E-state index contributed by atoms with van der Waals surface area (Å²) in [6.07, 6.45) is 0. The highest BCUT2D eigenvalue weighted by Gasteiger charge is 2.20. The Bertz CT molecular complexity index is 2830. The van der Waals surface area contributed by atoms with Crippen LogP contribution < -0.4 is 4.90 Å². The van der Waals surface area contributed by atoms with Crippen molar-refractivity contribution in [2.75, 3.05) is 4.90 Å². The summed E-state index contributed by atoms with van der Waals surface area (Å²) in [5.74, 6) is 0.621. The second kappa shape index (κ2) is 11.0. The van der Waals surface area contributed by atoms with Crippen molar-refractivity contribution in [1.82, 2.24) is 4.98 Å². The zero-order valence-corrected chi connectivity index (χ0v) is 26.4. The SMILES string of the molecule is c1ccc(-c2nc3ccc4ccc5ccc(N(c6ccc7oc8ccccc8c7c6)c6ccccc6-c6ccccc6)cc5c4c3o2)cc1. The molecule has 4 heteroatoms. The van der Waals surface area contributed by atoms with Gasteiger partial charge in [-0.3, -0.25) is 0 Å². The van der Waals surface area contributed by atoms with Gasteiger partial charge in [0.25, 0.3) is 0 Å². The Balaban J connectivity index is 1.25. The summed E-state index contributed by atoms with van der Waals surface area (Å²) in [6.45, 7) is 0. The Hall–Kier alpha value is -6.65. The number of hydrogen-bond acceptors (Lipinski definition) is 4. The second-order valence-corrected chi connectivity index (χ2v) is 12.4. The zero-order valence-electron chi connectivity index (χ0n) is 26.4. The lowest BCUT2D eigenvalue weighted by Crippen LogP contribution is -2.11. The summed E-state index contributed by atoms with van der Waals surface area (Å²) in [6, 6.07) is 59.3. The van der Waals surface area contributed by atoms with E-state index in [1.807, 2.05) is 42.5 Å². The molecule has 0 atom stereocenters. The first-order valence-electron chi connectivity index (χ1n) is 16.5. The van der Waals surface area contributed by atoms with E-state index in [9.17, 15) is 0 Å². The topological polar surface area (TPSA) is 42.4 Å². The molecule has 8 aromatic carbocycles. The maximum Gasteiger partial charge on any atom is 0.227 e. The van der Waals surface area contributed by atoms with E-state index >= 15 is 0 Å². The van der Waals surface area contributed by atoms with Crippen LogP contribution in [-0.2, 0) is 0 Å². The van der Waals surface area contributed by atoms with Gasteiger partial charge in [-0.15, -0.1) is 0 Å². The maximum absolute atomic E-state index is 6.57. The lowest BCUT2D eigenvalue weighted by Gasteiger charge is -2.28. The van der Waals surface area contributed by atoms with Gasteiger partial charge >= 0.3 is 0 Å². The number of hydrogen-bond donors (Lipinski definition) is 0. The van der Waals surface area contributed by atoms with Crippen molar-refractivity contribution in [2.24, 2.45) is 0 Å². The summed E-state index contributed by atoms with van der Waals surface area (Å²) >= 11 is 0. The monoisotopic (exact) mass is 628 g/mol. The van der Waals surface area contributed by atoms with E-state index in [1.165, 1.54) is 0 Å². The third-order valence-corrected chi connectivity index (χ3v) is 9.47. The van der Waals surface area contributed by atoms with Gasteiger partial charge in [-0.05, 0) is 82.4 Å². The number of para-hydroxylation sites is 2. The molecule has 2 aromatic heterocycles. The molecule has 4 nitrogen and oxygen atoms in total. The zero-order chi connectivity index (χ0) is 32.3. The standard InChI is InChI=1S/C45H28N2O2/c1-3-11-29(12-4-1)35-15-7-9-17-40(35)47(34-24-26-42-38(28-34)36-16-8-10-18-41(36)48-42)33-23-21-30-19-20-31-22-25-39-44(43(31)37(30)27-33)49-45(46-39)32-13-5-2-6-14-32/h1-28H. The van der Waals surface area contributed by atoms with E-state index in [0.29, 0.717) is 5.89 Å². The molecule has 0 amide bonds. The molecular weight excluding hydrogens is 601 g/mol. The van der Waals surface area contributed by atoms with Crippen LogP contribution in [0.15, 0.2) is 179 Å². The van der Waals surface area contributed by atoms with Gasteiger partial charge in [-0.2, -0.15) is 0 Å². The van der Waals surface area contributed by atoms with Crippen molar-refractivity contribution in [3.8, 4) is 22.6 Å². The quantitative estimate of drug-likeness (QED) is 0.178. The number of oxazole rings is 1. The minimum absolute atomic E-state index is 0.621. The van der Waals surface area contributed by atoms with E-state index in [2.05, 4.69) is 132 Å². The number of fused-ring (bicyclic) bond motifs is 8. The minimum atomic E-state index is 0.621. The number of furan rings is 1. The number of rotatable bonds is 5. The number of aromatic nitrogens is 1. The van der Waals surface area contributed by atoms with Crippen LogP contribution in [0.2, 0.25) is 0 Å². The first-order chi connectivity index (χ1) is 24.3. The van der Waals surface area contributed by atoms with Gasteiger partial charge in [0.05, 0.1) is 5.69 Å². The molecule has 0 N–H and O–H groups in total. The third kappa shape index (κ3) is 4.49. The van der Waals surface area contributed by atoms with Crippen molar-refractivity contribution < 1.29 is 8.83 Å². The Kier molecular flexibility index (Phi) is 6.15. The highest BCUT2D eigenvalue weighted by Crippen LogP contribution is 2.44.